The summed E-state index contributed by atoms with van der Waals surface area (Å²) in [6.07, 6.45) is 0. The number of hydrogen-bond donors (Lipinski definition) is 1. The molecule has 1 N–H and O–H groups in total. The van der Waals surface area contributed by atoms with Crippen molar-refractivity contribution in [2.45, 2.75) is 0 Å². The van der Waals surface area contributed by atoms with Crippen molar-refractivity contribution in [1.82, 2.24) is 15.2 Å². The minimum atomic E-state index is -0.732. The summed E-state index contributed by atoms with van der Waals surface area (Å²) in [7, 11) is 0. The summed E-state index contributed by atoms with van der Waals surface area (Å²) < 4.78 is 5.20. The number of aromatic nitrogens is 1. The van der Waals surface area contributed by atoms with E-state index in [4.69, 9.17) is 39.5 Å². The number of nitrogens with zero attached hydrogens (tertiary/aromatic N) is 2. The largest absolute Gasteiger partial charge is 0.452 e. The number of urea groups is 1. The highest BCUT2D eigenvalue weighted by Gasteiger charge is 2.27. The van der Waals surface area contributed by atoms with Crippen LogP contribution in [0.1, 0.15) is 10.4 Å². The summed E-state index contributed by atoms with van der Waals surface area (Å²) >= 11 is 18.5. The summed E-state index contributed by atoms with van der Waals surface area (Å²) in [6.45, 7) is 0.0282. The number of para-hydroxylation sites is 1. The van der Waals surface area contributed by atoms with Gasteiger partial charge in [0.15, 0.2) is 6.61 Å². The van der Waals surface area contributed by atoms with Gasteiger partial charge in [-0.15, -0.1) is 0 Å². The van der Waals surface area contributed by atoms with Crippen molar-refractivity contribution >= 4 is 63.6 Å². The van der Waals surface area contributed by atoms with E-state index in [0.29, 0.717) is 33.7 Å². The fraction of sp³-hybridized carbons (Fsp3) is 0.143. The van der Waals surface area contributed by atoms with Crippen LogP contribution >= 0.6 is 34.8 Å². The second-order valence-corrected chi connectivity index (χ2v) is 7.81. The number of pyridine rings is 1. The van der Waals surface area contributed by atoms with E-state index in [1.807, 2.05) is 0 Å². The Hall–Kier alpha value is -2.87. The molecule has 4 rings (SSSR count). The third-order valence-corrected chi connectivity index (χ3v) is 6.03. The van der Waals surface area contributed by atoms with Crippen molar-refractivity contribution in [3.05, 3.63) is 63.1 Å². The lowest BCUT2D eigenvalue weighted by Gasteiger charge is -2.14. The van der Waals surface area contributed by atoms with Crippen LogP contribution in [0.25, 0.3) is 22.2 Å². The van der Waals surface area contributed by atoms with E-state index < -0.39 is 24.5 Å². The first-order valence-electron chi connectivity index (χ1n) is 9.16. The van der Waals surface area contributed by atoms with Crippen LogP contribution in [0, 0.1) is 0 Å². The molecule has 10 heteroatoms. The lowest BCUT2D eigenvalue weighted by atomic mass is 10.0. The van der Waals surface area contributed by atoms with Gasteiger partial charge in [-0.2, -0.15) is 0 Å². The quantitative estimate of drug-likeness (QED) is 0.438. The van der Waals surface area contributed by atoms with Gasteiger partial charge in [0.1, 0.15) is 0 Å². The molecule has 1 aliphatic rings. The number of fused-ring (bicyclic) bond motifs is 1. The Labute approximate surface area is 191 Å². The van der Waals surface area contributed by atoms with Gasteiger partial charge in [-0.1, -0.05) is 53.0 Å². The van der Waals surface area contributed by atoms with Crippen LogP contribution in [0.4, 0.5) is 4.79 Å². The van der Waals surface area contributed by atoms with Crippen molar-refractivity contribution in [3.63, 3.8) is 0 Å². The molecule has 158 valence electrons. The summed E-state index contributed by atoms with van der Waals surface area (Å²) in [4.78, 5) is 42.2. The van der Waals surface area contributed by atoms with Crippen LogP contribution in [0.5, 0.6) is 0 Å². The summed E-state index contributed by atoms with van der Waals surface area (Å²) in [5.74, 6) is -1.33. The number of amides is 3. The van der Waals surface area contributed by atoms with Gasteiger partial charge in [0.2, 0.25) is 0 Å². The van der Waals surface area contributed by atoms with Gasteiger partial charge in [-0.05, 0) is 24.3 Å². The predicted molar refractivity (Wildman–Crippen MR) is 118 cm³/mol. The molecule has 0 bridgehead atoms. The van der Waals surface area contributed by atoms with Crippen molar-refractivity contribution in [3.8, 4) is 11.3 Å². The average molecular weight is 479 g/mol. The Morgan fingerprint density at radius 2 is 1.87 bits per heavy atom. The van der Waals surface area contributed by atoms with Crippen molar-refractivity contribution < 1.29 is 19.1 Å². The first-order valence-corrected chi connectivity index (χ1v) is 10.3. The normalized spacial score (nSPS) is 13.4. The first-order chi connectivity index (χ1) is 14.9. The Balaban J connectivity index is 1.68. The van der Waals surface area contributed by atoms with Gasteiger partial charge in [0.25, 0.3) is 5.91 Å². The number of hydrogen-bond acceptors (Lipinski definition) is 5. The number of carbonyl (C=O) groups excluding carboxylic acids is 3. The molecule has 0 radical (unpaired) electrons. The molecule has 0 atom stereocenters. The lowest BCUT2D eigenvalue weighted by Crippen LogP contribution is -2.37. The van der Waals surface area contributed by atoms with Gasteiger partial charge in [0, 0.05) is 24.0 Å². The molecule has 3 amide bonds. The van der Waals surface area contributed by atoms with Gasteiger partial charge >= 0.3 is 12.0 Å². The van der Waals surface area contributed by atoms with Crippen LogP contribution in [0.15, 0.2) is 42.5 Å². The summed E-state index contributed by atoms with van der Waals surface area (Å²) in [5.41, 5.74) is 1.60. The minimum absolute atomic E-state index is 0.175. The van der Waals surface area contributed by atoms with E-state index in [-0.39, 0.29) is 22.2 Å². The molecule has 1 aliphatic heterocycles. The van der Waals surface area contributed by atoms with Crippen molar-refractivity contribution in [1.29, 1.82) is 0 Å². The Morgan fingerprint density at radius 3 is 2.61 bits per heavy atom. The van der Waals surface area contributed by atoms with Crippen LogP contribution in [-0.4, -0.2) is 47.5 Å². The van der Waals surface area contributed by atoms with E-state index in [9.17, 15) is 14.4 Å². The highest BCUT2D eigenvalue weighted by Crippen LogP contribution is 2.38. The number of esters is 1. The smallest absolute Gasteiger partial charge is 0.339 e. The molecule has 7 nitrogen and oxygen atoms in total. The van der Waals surface area contributed by atoms with Crippen LogP contribution in [0.2, 0.25) is 15.1 Å². The predicted octanol–water partition coefficient (Wildman–Crippen LogP) is 4.57. The molecule has 1 saturated heterocycles. The van der Waals surface area contributed by atoms with Crippen LogP contribution in [-0.2, 0) is 9.53 Å². The molecular formula is C21H14Cl3N3O4. The van der Waals surface area contributed by atoms with Crippen molar-refractivity contribution in [2.75, 3.05) is 19.7 Å². The van der Waals surface area contributed by atoms with Crippen LogP contribution < -0.4 is 5.32 Å². The first kappa shape index (κ1) is 21.4. The third kappa shape index (κ3) is 4.17. The summed E-state index contributed by atoms with van der Waals surface area (Å²) in [5, 5.41) is 3.73. The van der Waals surface area contributed by atoms with E-state index in [0.717, 1.165) is 4.90 Å². The minimum Gasteiger partial charge on any atom is -0.452 e. The lowest BCUT2D eigenvalue weighted by molar-refractivity contribution is -0.130. The summed E-state index contributed by atoms with van der Waals surface area (Å²) in [6, 6.07) is 11.2. The number of halogens is 3. The molecule has 1 aromatic heterocycles. The van der Waals surface area contributed by atoms with E-state index in [1.54, 1.807) is 36.4 Å². The molecular weight excluding hydrogens is 465 g/mol. The second kappa shape index (κ2) is 8.70. The average Bonchev–Trinajstić information content (AvgIpc) is 3.21. The molecule has 0 aliphatic carbocycles. The zero-order valence-electron chi connectivity index (χ0n) is 15.8. The van der Waals surface area contributed by atoms with Crippen molar-refractivity contribution in [2.24, 2.45) is 0 Å². The van der Waals surface area contributed by atoms with E-state index in [2.05, 4.69) is 10.3 Å². The zero-order valence-corrected chi connectivity index (χ0v) is 18.1. The highest BCUT2D eigenvalue weighted by atomic mass is 35.5. The maximum absolute atomic E-state index is 12.8. The van der Waals surface area contributed by atoms with Gasteiger partial charge in [-0.3, -0.25) is 9.69 Å². The zero-order chi connectivity index (χ0) is 22.1. The molecule has 0 spiro atoms. The van der Waals surface area contributed by atoms with E-state index >= 15 is 0 Å². The fourth-order valence-corrected chi connectivity index (χ4v) is 3.83. The number of nitrogens with one attached hydrogen (secondary N) is 1. The van der Waals surface area contributed by atoms with Gasteiger partial charge in [-0.25, -0.2) is 14.6 Å². The number of imide groups is 1. The Morgan fingerprint density at radius 1 is 1.10 bits per heavy atom. The van der Waals surface area contributed by atoms with Crippen LogP contribution in [0.3, 0.4) is 0 Å². The fourth-order valence-electron chi connectivity index (χ4n) is 3.20. The molecule has 3 aromatic rings. The Bertz CT molecular complexity index is 1230. The second-order valence-electron chi connectivity index (χ2n) is 6.65. The number of rotatable bonds is 4. The third-order valence-electron chi connectivity index (χ3n) is 4.73. The standard InChI is InChI=1S/C21H14Cl3N3O4/c22-14-6-5-12(18(23)19(14)24)16-9-13(11-3-1-2-4-15(11)26-16)20(29)31-10-17(28)27-8-7-25-21(27)30/h1-6,9H,7-8,10H2,(H,25,30). The molecule has 31 heavy (non-hydrogen) atoms. The van der Waals surface area contributed by atoms with E-state index in [1.165, 1.54) is 6.07 Å². The highest BCUT2D eigenvalue weighted by molar-refractivity contribution is 6.49. The monoisotopic (exact) mass is 477 g/mol. The topological polar surface area (TPSA) is 88.6 Å². The van der Waals surface area contributed by atoms with Gasteiger partial charge < -0.3 is 10.1 Å². The molecule has 2 heterocycles. The molecule has 0 unspecified atom stereocenters. The number of carbonyl (C=O) groups is 3. The molecule has 2 aromatic carbocycles. The molecule has 0 saturated carbocycles. The number of ether oxygens (including phenoxy) is 1. The maximum Gasteiger partial charge on any atom is 0.339 e. The number of benzene rings is 2. The SMILES string of the molecule is O=C(OCC(=O)N1CCNC1=O)c1cc(-c2ccc(Cl)c(Cl)c2Cl)nc2ccccc12. The Kier molecular flexibility index (Phi) is 6.00. The van der Waals surface area contributed by atoms with Gasteiger partial charge in [0.05, 0.1) is 31.8 Å². The maximum atomic E-state index is 12.8. The molecule has 1 fully saturated rings.